The van der Waals surface area contributed by atoms with E-state index in [2.05, 4.69) is 5.32 Å². The number of nitrogens with zero attached hydrogens (tertiary/aromatic N) is 1. The molecule has 0 atom stereocenters. The summed E-state index contributed by atoms with van der Waals surface area (Å²) in [5, 5.41) is 2.59. The van der Waals surface area contributed by atoms with Gasteiger partial charge in [-0.15, -0.1) is 0 Å². The maximum Gasteiger partial charge on any atom is 0.416 e. The van der Waals surface area contributed by atoms with Crippen molar-refractivity contribution in [2.45, 2.75) is 58.7 Å². The van der Waals surface area contributed by atoms with Crippen molar-refractivity contribution in [3.05, 3.63) is 23.8 Å². The summed E-state index contributed by atoms with van der Waals surface area (Å²) < 4.78 is 50.0. The summed E-state index contributed by atoms with van der Waals surface area (Å²) in [6.07, 6.45) is -3.49. The molecule has 30 heavy (non-hydrogen) atoms. The fourth-order valence-corrected chi connectivity index (χ4v) is 3.03. The first kappa shape index (κ1) is 23.8. The van der Waals surface area contributed by atoms with E-state index >= 15 is 0 Å². The molecule has 1 aliphatic rings. The van der Waals surface area contributed by atoms with E-state index in [1.165, 1.54) is 11.0 Å². The molecule has 0 spiro atoms. The molecule has 168 valence electrons. The molecule has 9 heteroatoms. The second kappa shape index (κ2) is 9.57. The minimum Gasteiger partial charge on any atom is -0.491 e. The van der Waals surface area contributed by atoms with Crippen LogP contribution in [0.15, 0.2) is 18.2 Å². The Morgan fingerprint density at radius 3 is 2.33 bits per heavy atom. The number of anilines is 1. The van der Waals surface area contributed by atoms with Crippen LogP contribution in [0.25, 0.3) is 0 Å². The average Bonchev–Trinajstić information content (AvgIpc) is 2.65. The maximum absolute atomic E-state index is 13.1. The Morgan fingerprint density at radius 1 is 1.17 bits per heavy atom. The maximum atomic E-state index is 13.1. The van der Waals surface area contributed by atoms with E-state index in [1.807, 2.05) is 6.92 Å². The summed E-state index contributed by atoms with van der Waals surface area (Å²) >= 11 is 0. The van der Waals surface area contributed by atoms with Crippen LogP contribution in [0.3, 0.4) is 0 Å². The molecule has 2 amide bonds. The standard InChI is InChI=1S/C21H29F3N2O4/c1-5-12-29-17-7-6-15(21(22,23)24)13-16(17)25-18(27)14-8-10-26(11-9-14)19(28)30-20(2,3)4/h6-7,13-14H,5,8-12H2,1-4H3,(H,25,27). The molecular weight excluding hydrogens is 401 g/mol. The molecule has 0 saturated carbocycles. The molecule has 1 aliphatic heterocycles. The second-order valence-corrected chi connectivity index (χ2v) is 8.29. The monoisotopic (exact) mass is 430 g/mol. The quantitative estimate of drug-likeness (QED) is 0.707. The lowest BCUT2D eigenvalue weighted by Gasteiger charge is -2.33. The van der Waals surface area contributed by atoms with Crippen molar-refractivity contribution in [2.24, 2.45) is 5.92 Å². The number of nitrogens with one attached hydrogen (secondary N) is 1. The zero-order valence-corrected chi connectivity index (χ0v) is 17.8. The molecule has 1 saturated heterocycles. The molecule has 0 radical (unpaired) electrons. The Balaban J connectivity index is 2.04. The SMILES string of the molecule is CCCOc1ccc(C(F)(F)F)cc1NC(=O)C1CCN(C(=O)OC(C)(C)C)CC1. The summed E-state index contributed by atoms with van der Waals surface area (Å²) in [5.41, 5.74) is -1.47. The molecular formula is C21H29F3N2O4. The van der Waals surface area contributed by atoms with Gasteiger partial charge in [-0.25, -0.2) is 4.79 Å². The Kier molecular flexibility index (Phi) is 7.60. The first-order valence-electron chi connectivity index (χ1n) is 10.0. The van der Waals surface area contributed by atoms with Gasteiger partial charge < -0.3 is 19.7 Å². The average molecular weight is 430 g/mol. The van der Waals surface area contributed by atoms with Gasteiger partial charge in [0.2, 0.25) is 5.91 Å². The number of likely N-dealkylation sites (tertiary alicyclic amines) is 1. The molecule has 0 aliphatic carbocycles. The molecule has 0 aromatic heterocycles. The first-order valence-corrected chi connectivity index (χ1v) is 10.0. The van der Waals surface area contributed by atoms with Gasteiger partial charge in [0.1, 0.15) is 11.4 Å². The van der Waals surface area contributed by atoms with Gasteiger partial charge in [0.15, 0.2) is 0 Å². The lowest BCUT2D eigenvalue weighted by atomic mass is 9.96. The predicted molar refractivity (Wildman–Crippen MR) is 106 cm³/mol. The highest BCUT2D eigenvalue weighted by Gasteiger charge is 2.33. The minimum absolute atomic E-state index is 0.00199. The number of hydrogen-bond acceptors (Lipinski definition) is 4. The van der Waals surface area contributed by atoms with Gasteiger partial charge in [-0.3, -0.25) is 4.79 Å². The zero-order valence-electron chi connectivity index (χ0n) is 17.8. The molecule has 1 fully saturated rings. The highest BCUT2D eigenvalue weighted by molar-refractivity contribution is 5.94. The topological polar surface area (TPSA) is 67.9 Å². The number of halogens is 3. The molecule has 1 N–H and O–H groups in total. The second-order valence-electron chi connectivity index (χ2n) is 8.29. The summed E-state index contributed by atoms with van der Waals surface area (Å²) in [7, 11) is 0. The van der Waals surface area contributed by atoms with Crippen LogP contribution < -0.4 is 10.1 Å². The lowest BCUT2D eigenvalue weighted by molar-refractivity contribution is -0.137. The van der Waals surface area contributed by atoms with Crippen LogP contribution in [0.5, 0.6) is 5.75 Å². The number of carbonyl (C=O) groups is 2. The van der Waals surface area contributed by atoms with Gasteiger partial charge >= 0.3 is 12.3 Å². The van der Waals surface area contributed by atoms with E-state index in [-0.39, 0.29) is 17.3 Å². The third kappa shape index (κ3) is 6.81. The number of piperidine rings is 1. The lowest BCUT2D eigenvalue weighted by Crippen LogP contribution is -2.43. The van der Waals surface area contributed by atoms with Crippen molar-refractivity contribution in [2.75, 3.05) is 25.0 Å². The smallest absolute Gasteiger partial charge is 0.416 e. The number of amides is 2. The molecule has 2 rings (SSSR count). The molecule has 1 aromatic carbocycles. The van der Waals surface area contributed by atoms with Crippen LogP contribution in [-0.2, 0) is 15.7 Å². The van der Waals surface area contributed by atoms with Gasteiger partial charge in [-0.1, -0.05) is 6.92 Å². The number of ether oxygens (including phenoxy) is 2. The largest absolute Gasteiger partial charge is 0.491 e. The van der Waals surface area contributed by atoms with E-state index in [0.717, 1.165) is 12.1 Å². The number of carbonyl (C=O) groups excluding carboxylic acids is 2. The Hall–Kier alpha value is -2.45. The van der Waals surface area contributed by atoms with E-state index in [1.54, 1.807) is 20.8 Å². The minimum atomic E-state index is -4.53. The summed E-state index contributed by atoms with van der Waals surface area (Å²) in [6, 6.07) is 3.04. The van der Waals surface area contributed by atoms with Crippen LogP contribution in [0.4, 0.5) is 23.7 Å². The van der Waals surface area contributed by atoms with Gasteiger partial charge in [-0.05, 0) is 58.2 Å². The van der Waals surface area contributed by atoms with Crippen molar-refractivity contribution in [1.29, 1.82) is 0 Å². The third-order valence-electron chi connectivity index (χ3n) is 4.54. The molecule has 1 aromatic rings. The fourth-order valence-electron chi connectivity index (χ4n) is 3.03. The normalized spacial score (nSPS) is 15.6. The number of hydrogen-bond donors (Lipinski definition) is 1. The summed E-state index contributed by atoms with van der Waals surface area (Å²) in [6.45, 7) is 8.21. The van der Waals surface area contributed by atoms with Crippen LogP contribution >= 0.6 is 0 Å². The third-order valence-corrected chi connectivity index (χ3v) is 4.54. The van der Waals surface area contributed by atoms with Gasteiger partial charge in [0.05, 0.1) is 17.9 Å². The predicted octanol–water partition coefficient (Wildman–Crippen LogP) is 5.08. The molecule has 6 nitrogen and oxygen atoms in total. The van der Waals surface area contributed by atoms with Crippen molar-refractivity contribution in [3.63, 3.8) is 0 Å². The van der Waals surface area contributed by atoms with Crippen molar-refractivity contribution in [1.82, 2.24) is 4.90 Å². The Labute approximate surface area is 174 Å². The van der Waals surface area contributed by atoms with Gasteiger partial charge in [-0.2, -0.15) is 13.2 Å². The van der Waals surface area contributed by atoms with Gasteiger partial charge in [0, 0.05) is 19.0 Å². The zero-order chi connectivity index (χ0) is 22.5. The van der Waals surface area contributed by atoms with Crippen LogP contribution in [0, 0.1) is 5.92 Å². The molecule has 1 heterocycles. The molecule has 0 bridgehead atoms. The van der Waals surface area contributed by atoms with Crippen molar-refractivity contribution < 1.29 is 32.2 Å². The van der Waals surface area contributed by atoms with Crippen LogP contribution in [0.1, 0.15) is 52.5 Å². The van der Waals surface area contributed by atoms with Gasteiger partial charge in [0.25, 0.3) is 0 Å². The van der Waals surface area contributed by atoms with E-state index < -0.39 is 29.4 Å². The van der Waals surface area contributed by atoms with E-state index in [0.29, 0.717) is 39.0 Å². The number of rotatable bonds is 5. The fraction of sp³-hybridized carbons (Fsp3) is 0.619. The number of alkyl halides is 3. The van der Waals surface area contributed by atoms with Crippen LogP contribution in [-0.4, -0.2) is 42.2 Å². The van der Waals surface area contributed by atoms with E-state index in [4.69, 9.17) is 9.47 Å². The summed E-state index contributed by atoms with van der Waals surface area (Å²) in [5.74, 6) is -0.610. The molecule has 0 unspecified atom stereocenters. The highest BCUT2D eigenvalue weighted by Crippen LogP contribution is 2.35. The Morgan fingerprint density at radius 2 is 1.80 bits per heavy atom. The van der Waals surface area contributed by atoms with Crippen molar-refractivity contribution in [3.8, 4) is 5.75 Å². The first-order chi connectivity index (χ1) is 13.9. The number of benzene rings is 1. The highest BCUT2D eigenvalue weighted by atomic mass is 19.4. The van der Waals surface area contributed by atoms with Crippen LogP contribution in [0.2, 0.25) is 0 Å². The van der Waals surface area contributed by atoms with E-state index in [9.17, 15) is 22.8 Å². The summed E-state index contributed by atoms with van der Waals surface area (Å²) in [4.78, 5) is 26.4. The Bertz CT molecular complexity index is 752. The van der Waals surface area contributed by atoms with Crippen molar-refractivity contribution >= 4 is 17.7 Å².